The number of aromatic nitrogens is 3. The van der Waals surface area contributed by atoms with Crippen LogP contribution in [-0.2, 0) is 17.8 Å². The van der Waals surface area contributed by atoms with E-state index in [9.17, 15) is 9.59 Å². The van der Waals surface area contributed by atoms with Crippen LogP contribution in [0.2, 0.25) is 5.02 Å². The third-order valence-electron chi connectivity index (χ3n) is 5.07. The summed E-state index contributed by atoms with van der Waals surface area (Å²) in [4.78, 5) is 36.4. The Kier molecular flexibility index (Phi) is 6.80. The fourth-order valence-corrected chi connectivity index (χ4v) is 3.60. The summed E-state index contributed by atoms with van der Waals surface area (Å²) >= 11 is 6.38. The summed E-state index contributed by atoms with van der Waals surface area (Å²) in [6, 6.07) is 18.8. The van der Waals surface area contributed by atoms with Crippen molar-refractivity contribution in [3.8, 4) is 11.4 Å². The van der Waals surface area contributed by atoms with Gasteiger partial charge >= 0.3 is 0 Å². The predicted molar refractivity (Wildman–Crippen MR) is 130 cm³/mol. The van der Waals surface area contributed by atoms with Gasteiger partial charge in [-0.15, -0.1) is 0 Å². The second kappa shape index (κ2) is 10.1. The number of hydrogen-bond donors (Lipinski definition) is 3. The Morgan fingerprint density at radius 1 is 1.09 bits per heavy atom. The average molecular weight is 460 g/mol. The molecule has 0 unspecified atom stereocenters. The van der Waals surface area contributed by atoms with Crippen molar-refractivity contribution in [3.05, 3.63) is 105 Å². The van der Waals surface area contributed by atoms with E-state index in [2.05, 4.69) is 25.6 Å². The number of nitrogens with zero attached hydrogens (tertiary/aromatic N) is 2. The van der Waals surface area contributed by atoms with E-state index in [1.54, 1.807) is 43.6 Å². The van der Waals surface area contributed by atoms with Crippen molar-refractivity contribution in [1.82, 2.24) is 15.0 Å². The Morgan fingerprint density at radius 3 is 2.61 bits per heavy atom. The van der Waals surface area contributed by atoms with Crippen LogP contribution in [0.25, 0.3) is 11.4 Å². The first-order valence-corrected chi connectivity index (χ1v) is 10.7. The molecule has 0 atom stereocenters. The van der Waals surface area contributed by atoms with Crippen molar-refractivity contribution in [3.63, 3.8) is 0 Å². The number of pyridine rings is 1. The molecule has 0 saturated heterocycles. The van der Waals surface area contributed by atoms with Gasteiger partial charge in [0.2, 0.25) is 5.91 Å². The number of anilines is 2. The van der Waals surface area contributed by atoms with Gasteiger partial charge in [0.25, 0.3) is 5.56 Å². The quantitative estimate of drug-likeness (QED) is 0.375. The fraction of sp³-hybridized carbons (Fsp3) is 0.120. The van der Waals surface area contributed by atoms with Gasteiger partial charge in [0, 0.05) is 41.4 Å². The van der Waals surface area contributed by atoms with Crippen LogP contribution in [-0.4, -0.2) is 20.9 Å². The summed E-state index contributed by atoms with van der Waals surface area (Å²) in [6.45, 7) is 2.35. The van der Waals surface area contributed by atoms with Crippen molar-refractivity contribution in [2.75, 3.05) is 10.6 Å². The van der Waals surface area contributed by atoms with E-state index in [4.69, 9.17) is 11.6 Å². The van der Waals surface area contributed by atoms with E-state index in [-0.39, 0.29) is 17.9 Å². The lowest BCUT2D eigenvalue weighted by Crippen LogP contribution is -2.23. The Balaban J connectivity index is 1.41. The van der Waals surface area contributed by atoms with E-state index in [0.29, 0.717) is 39.9 Å². The van der Waals surface area contributed by atoms with Crippen LogP contribution in [0, 0.1) is 6.92 Å². The molecule has 3 N–H and O–H groups in total. The van der Waals surface area contributed by atoms with Crippen LogP contribution in [0.5, 0.6) is 0 Å². The van der Waals surface area contributed by atoms with E-state index >= 15 is 0 Å². The molecule has 2 heterocycles. The minimum Gasteiger partial charge on any atom is -0.380 e. The van der Waals surface area contributed by atoms with Crippen LogP contribution in [0.15, 0.2) is 77.9 Å². The maximum atomic E-state index is 12.6. The highest BCUT2D eigenvalue weighted by atomic mass is 35.5. The van der Waals surface area contributed by atoms with Crippen LogP contribution in [0.3, 0.4) is 0 Å². The Morgan fingerprint density at radius 2 is 1.91 bits per heavy atom. The molecule has 166 valence electrons. The zero-order chi connectivity index (χ0) is 23.2. The molecule has 7 nitrogen and oxygen atoms in total. The third kappa shape index (κ3) is 5.64. The number of halogens is 1. The zero-order valence-corrected chi connectivity index (χ0v) is 18.7. The normalized spacial score (nSPS) is 10.6. The second-order valence-corrected chi connectivity index (χ2v) is 7.89. The minimum atomic E-state index is -0.352. The molecule has 4 aromatic rings. The highest BCUT2D eigenvalue weighted by molar-refractivity contribution is 6.33. The first kappa shape index (κ1) is 22.2. The lowest BCUT2D eigenvalue weighted by molar-refractivity contribution is -0.115. The van der Waals surface area contributed by atoms with Crippen molar-refractivity contribution in [2.24, 2.45) is 0 Å². The molecule has 33 heavy (non-hydrogen) atoms. The number of aromatic amines is 1. The molecule has 0 bridgehead atoms. The minimum absolute atomic E-state index is 0.104. The lowest BCUT2D eigenvalue weighted by atomic mass is 10.1. The summed E-state index contributed by atoms with van der Waals surface area (Å²) in [5.41, 5.74) is 3.60. The van der Waals surface area contributed by atoms with Gasteiger partial charge in [-0.2, -0.15) is 0 Å². The standard InChI is InChI=1S/C25H22ClN5O2/c1-16-20(25(33)31-24(29-16)18-8-5-11-27-15-18)13-23(32)30-19-9-10-22(21(26)12-19)28-14-17-6-3-2-4-7-17/h2-12,15,28H,13-14H2,1H3,(H,30,32)(H,29,31,33). The molecular weight excluding hydrogens is 438 g/mol. The molecule has 0 spiro atoms. The molecule has 0 saturated carbocycles. The van der Waals surface area contributed by atoms with E-state index in [1.807, 2.05) is 36.4 Å². The zero-order valence-electron chi connectivity index (χ0n) is 17.9. The van der Waals surface area contributed by atoms with Crippen LogP contribution in [0.1, 0.15) is 16.8 Å². The highest BCUT2D eigenvalue weighted by Gasteiger charge is 2.14. The van der Waals surface area contributed by atoms with Crippen molar-refractivity contribution >= 4 is 28.9 Å². The van der Waals surface area contributed by atoms with E-state index in [1.165, 1.54) is 0 Å². The first-order valence-electron chi connectivity index (χ1n) is 10.4. The number of carbonyl (C=O) groups is 1. The van der Waals surface area contributed by atoms with Crippen LogP contribution < -0.4 is 16.2 Å². The molecule has 2 aromatic carbocycles. The predicted octanol–water partition coefficient (Wildman–Crippen LogP) is 4.59. The van der Waals surface area contributed by atoms with Crippen molar-refractivity contribution in [2.45, 2.75) is 19.9 Å². The molecule has 1 amide bonds. The van der Waals surface area contributed by atoms with Crippen LogP contribution in [0.4, 0.5) is 11.4 Å². The Labute approximate surface area is 195 Å². The van der Waals surface area contributed by atoms with Gasteiger partial charge in [-0.1, -0.05) is 41.9 Å². The third-order valence-corrected chi connectivity index (χ3v) is 5.39. The van der Waals surface area contributed by atoms with Crippen molar-refractivity contribution in [1.29, 1.82) is 0 Å². The fourth-order valence-electron chi connectivity index (χ4n) is 3.35. The molecule has 0 aliphatic carbocycles. The first-order chi connectivity index (χ1) is 16.0. The topological polar surface area (TPSA) is 99.8 Å². The monoisotopic (exact) mass is 459 g/mol. The Hall–Kier alpha value is -3.97. The number of hydrogen-bond acceptors (Lipinski definition) is 5. The molecular formula is C25H22ClN5O2. The van der Waals surface area contributed by atoms with Crippen LogP contribution >= 0.6 is 11.6 Å². The van der Waals surface area contributed by atoms with Gasteiger partial charge in [0.15, 0.2) is 0 Å². The Bertz CT molecular complexity index is 1320. The number of aryl methyl sites for hydroxylation is 1. The summed E-state index contributed by atoms with van der Waals surface area (Å²) in [5.74, 6) is 0.0840. The smallest absolute Gasteiger partial charge is 0.255 e. The maximum Gasteiger partial charge on any atom is 0.255 e. The summed E-state index contributed by atoms with van der Waals surface area (Å²) in [5, 5.41) is 6.56. The molecule has 0 aliphatic heterocycles. The average Bonchev–Trinajstić information content (AvgIpc) is 2.82. The highest BCUT2D eigenvalue weighted by Crippen LogP contribution is 2.26. The number of H-pyrrole nitrogens is 1. The molecule has 8 heteroatoms. The summed E-state index contributed by atoms with van der Waals surface area (Å²) in [6.07, 6.45) is 3.16. The number of amides is 1. The van der Waals surface area contributed by atoms with Crippen molar-refractivity contribution < 1.29 is 4.79 Å². The number of benzene rings is 2. The molecule has 4 rings (SSSR count). The summed E-state index contributed by atoms with van der Waals surface area (Å²) < 4.78 is 0. The SMILES string of the molecule is Cc1nc(-c2cccnc2)[nH]c(=O)c1CC(=O)Nc1ccc(NCc2ccccc2)c(Cl)c1. The maximum absolute atomic E-state index is 12.6. The van der Waals surface area contributed by atoms with Gasteiger partial charge in [0.05, 0.1) is 17.1 Å². The van der Waals surface area contributed by atoms with Gasteiger partial charge in [0.1, 0.15) is 5.82 Å². The molecule has 2 aromatic heterocycles. The lowest BCUT2D eigenvalue weighted by Gasteiger charge is -2.12. The van der Waals surface area contributed by atoms with E-state index < -0.39 is 0 Å². The van der Waals surface area contributed by atoms with Gasteiger partial charge in [-0.05, 0) is 42.8 Å². The number of nitrogens with one attached hydrogen (secondary N) is 3. The number of carbonyl (C=O) groups excluding carboxylic acids is 1. The molecule has 0 radical (unpaired) electrons. The summed E-state index contributed by atoms with van der Waals surface area (Å²) in [7, 11) is 0. The van der Waals surface area contributed by atoms with Gasteiger partial charge in [-0.3, -0.25) is 14.6 Å². The largest absolute Gasteiger partial charge is 0.380 e. The van der Waals surface area contributed by atoms with Gasteiger partial charge < -0.3 is 15.6 Å². The number of rotatable bonds is 7. The second-order valence-electron chi connectivity index (χ2n) is 7.48. The molecule has 0 fully saturated rings. The molecule has 0 aliphatic rings. The van der Waals surface area contributed by atoms with Gasteiger partial charge in [-0.25, -0.2) is 4.98 Å². The van der Waals surface area contributed by atoms with E-state index in [0.717, 1.165) is 11.3 Å².